The Morgan fingerprint density at radius 1 is 0.340 bits per heavy atom. The molecule has 0 fully saturated rings. The standard InChI is InChI=1S/C50H45N3/c1-48(2)25-26-49(3,4)44-30-34(22-24-42(44)48)37-27-36(32-15-9-7-10-16-32)28-38(29-37)47-52-45(33-17-11-8-12-18-33)51-46(53-47)35-21-23-40-39-19-13-14-20-41(39)50(5,6)43(40)31-35/h7-24,27-31H,25-26H2,1-6H3. The van der Waals surface area contributed by atoms with Gasteiger partial charge in [0.1, 0.15) is 0 Å². The Bertz CT molecular complexity index is 2530. The normalized spacial score (nSPS) is 16.0. The number of fused-ring (bicyclic) bond motifs is 4. The van der Waals surface area contributed by atoms with Gasteiger partial charge in [0.15, 0.2) is 17.5 Å². The summed E-state index contributed by atoms with van der Waals surface area (Å²) in [4.78, 5) is 15.6. The van der Waals surface area contributed by atoms with Crippen molar-refractivity contribution in [1.29, 1.82) is 0 Å². The van der Waals surface area contributed by atoms with E-state index in [-0.39, 0.29) is 16.2 Å². The highest BCUT2D eigenvalue weighted by atomic mass is 15.0. The third-order valence-corrected chi connectivity index (χ3v) is 12.0. The van der Waals surface area contributed by atoms with Crippen molar-refractivity contribution in [3.8, 4) is 67.5 Å². The minimum absolute atomic E-state index is 0.111. The Morgan fingerprint density at radius 2 is 0.830 bits per heavy atom. The van der Waals surface area contributed by atoms with Gasteiger partial charge in [0, 0.05) is 22.1 Å². The molecule has 0 atom stereocenters. The van der Waals surface area contributed by atoms with Gasteiger partial charge in [-0.05, 0) is 104 Å². The molecule has 2 aliphatic rings. The van der Waals surface area contributed by atoms with Crippen molar-refractivity contribution in [2.75, 3.05) is 0 Å². The van der Waals surface area contributed by atoms with Crippen LogP contribution in [-0.2, 0) is 16.2 Å². The SMILES string of the molecule is CC1(C)CCC(C)(C)c2cc(-c3cc(-c4ccccc4)cc(-c4nc(-c5ccccc5)nc(-c5ccc6c(c5)C(C)(C)c5ccccc5-6)n4)c3)ccc21. The van der Waals surface area contributed by atoms with E-state index in [1.165, 1.54) is 51.8 Å². The molecular formula is C50H45N3. The Morgan fingerprint density at radius 3 is 1.53 bits per heavy atom. The lowest BCUT2D eigenvalue weighted by Crippen LogP contribution is -2.33. The highest BCUT2D eigenvalue weighted by molar-refractivity contribution is 5.84. The molecule has 3 nitrogen and oxygen atoms in total. The van der Waals surface area contributed by atoms with E-state index in [1.807, 2.05) is 18.2 Å². The summed E-state index contributed by atoms with van der Waals surface area (Å²) in [5, 5.41) is 0. The quantitative estimate of drug-likeness (QED) is 0.181. The van der Waals surface area contributed by atoms with Crippen LogP contribution in [-0.4, -0.2) is 15.0 Å². The Hall–Kier alpha value is -5.67. The van der Waals surface area contributed by atoms with E-state index in [9.17, 15) is 0 Å². The molecule has 260 valence electrons. The highest BCUT2D eigenvalue weighted by Gasteiger charge is 2.37. The maximum absolute atomic E-state index is 5.28. The van der Waals surface area contributed by atoms with Gasteiger partial charge in [-0.25, -0.2) is 15.0 Å². The molecule has 1 aromatic heterocycles. The fraction of sp³-hybridized carbons (Fsp3) is 0.220. The van der Waals surface area contributed by atoms with Crippen molar-refractivity contribution in [2.24, 2.45) is 0 Å². The lowest BCUT2D eigenvalue weighted by atomic mass is 9.63. The van der Waals surface area contributed by atoms with Crippen LogP contribution in [0.25, 0.3) is 67.5 Å². The molecule has 6 aromatic carbocycles. The van der Waals surface area contributed by atoms with Gasteiger partial charge >= 0.3 is 0 Å². The summed E-state index contributed by atoms with van der Waals surface area (Å²) in [5.41, 5.74) is 15.9. The zero-order valence-corrected chi connectivity index (χ0v) is 31.5. The number of hydrogen-bond acceptors (Lipinski definition) is 3. The van der Waals surface area contributed by atoms with Gasteiger partial charge in [0.05, 0.1) is 0 Å². The average molecular weight is 688 g/mol. The fourth-order valence-corrected chi connectivity index (χ4v) is 8.68. The second kappa shape index (κ2) is 12.2. The summed E-state index contributed by atoms with van der Waals surface area (Å²) in [6, 6.07) is 50.4. The topological polar surface area (TPSA) is 38.7 Å². The number of benzene rings is 6. The van der Waals surface area contributed by atoms with E-state index >= 15 is 0 Å². The first-order valence-corrected chi connectivity index (χ1v) is 18.9. The molecule has 0 aliphatic heterocycles. The van der Waals surface area contributed by atoms with Crippen LogP contribution >= 0.6 is 0 Å². The Labute approximate surface area is 313 Å². The summed E-state index contributed by atoms with van der Waals surface area (Å²) in [7, 11) is 0. The number of rotatable bonds is 5. The molecule has 0 saturated carbocycles. The number of nitrogens with zero attached hydrogens (tertiary/aromatic N) is 3. The molecule has 7 aromatic rings. The summed E-state index contributed by atoms with van der Waals surface area (Å²) >= 11 is 0. The third kappa shape index (κ3) is 5.70. The van der Waals surface area contributed by atoms with Crippen molar-refractivity contribution in [3.63, 3.8) is 0 Å². The molecule has 0 amide bonds. The molecule has 2 aliphatic carbocycles. The first-order valence-electron chi connectivity index (χ1n) is 18.9. The molecule has 0 spiro atoms. The lowest BCUT2D eigenvalue weighted by Gasteiger charge is -2.42. The van der Waals surface area contributed by atoms with Crippen LogP contribution in [0.5, 0.6) is 0 Å². The third-order valence-electron chi connectivity index (χ3n) is 12.0. The molecule has 53 heavy (non-hydrogen) atoms. The average Bonchev–Trinajstić information content (AvgIpc) is 3.42. The smallest absolute Gasteiger partial charge is 0.164 e. The predicted molar refractivity (Wildman–Crippen MR) is 220 cm³/mol. The van der Waals surface area contributed by atoms with Gasteiger partial charge in [0.2, 0.25) is 0 Å². The van der Waals surface area contributed by atoms with E-state index in [1.54, 1.807) is 0 Å². The van der Waals surface area contributed by atoms with E-state index in [2.05, 4.69) is 163 Å². The first-order chi connectivity index (χ1) is 25.5. The maximum atomic E-state index is 5.28. The molecule has 0 radical (unpaired) electrons. The molecule has 0 saturated heterocycles. The number of hydrogen-bond donors (Lipinski definition) is 0. The van der Waals surface area contributed by atoms with Crippen molar-refractivity contribution in [2.45, 2.75) is 70.6 Å². The van der Waals surface area contributed by atoms with Gasteiger partial charge in [-0.3, -0.25) is 0 Å². The minimum atomic E-state index is -0.127. The molecule has 0 bridgehead atoms. The number of aromatic nitrogens is 3. The van der Waals surface area contributed by atoms with E-state index in [0.717, 1.165) is 33.4 Å². The van der Waals surface area contributed by atoms with E-state index < -0.39 is 0 Å². The second-order valence-electron chi connectivity index (χ2n) is 16.8. The Kier molecular flexibility index (Phi) is 7.64. The Balaban J connectivity index is 1.24. The molecule has 9 rings (SSSR count). The molecular weight excluding hydrogens is 643 g/mol. The van der Waals surface area contributed by atoms with Crippen LogP contribution in [0.3, 0.4) is 0 Å². The highest BCUT2D eigenvalue weighted by Crippen LogP contribution is 2.50. The predicted octanol–water partition coefficient (Wildman–Crippen LogP) is 12.9. The summed E-state index contributed by atoms with van der Waals surface area (Å²) < 4.78 is 0. The fourth-order valence-electron chi connectivity index (χ4n) is 8.68. The molecule has 0 N–H and O–H groups in total. The molecule has 0 unspecified atom stereocenters. The van der Waals surface area contributed by atoms with Crippen molar-refractivity contribution in [1.82, 2.24) is 15.0 Å². The molecule has 1 heterocycles. The monoisotopic (exact) mass is 687 g/mol. The van der Waals surface area contributed by atoms with Crippen LogP contribution in [0.2, 0.25) is 0 Å². The van der Waals surface area contributed by atoms with Crippen LogP contribution in [0, 0.1) is 0 Å². The van der Waals surface area contributed by atoms with Crippen molar-refractivity contribution in [3.05, 3.63) is 162 Å². The van der Waals surface area contributed by atoms with E-state index in [4.69, 9.17) is 15.0 Å². The van der Waals surface area contributed by atoms with Gasteiger partial charge in [0.25, 0.3) is 0 Å². The van der Waals surface area contributed by atoms with Gasteiger partial charge in [-0.15, -0.1) is 0 Å². The van der Waals surface area contributed by atoms with Crippen LogP contribution in [0.4, 0.5) is 0 Å². The van der Waals surface area contributed by atoms with Crippen molar-refractivity contribution >= 4 is 0 Å². The van der Waals surface area contributed by atoms with Crippen LogP contribution in [0.15, 0.2) is 140 Å². The lowest BCUT2D eigenvalue weighted by molar-refractivity contribution is 0.332. The second-order valence-corrected chi connectivity index (χ2v) is 16.8. The van der Waals surface area contributed by atoms with Gasteiger partial charge in [-0.1, -0.05) is 157 Å². The largest absolute Gasteiger partial charge is 0.208 e. The summed E-state index contributed by atoms with van der Waals surface area (Å²) in [5.74, 6) is 2.00. The van der Waals surface area contributed by atoms with Crippen LogP contribution in [0.1, 0.15) is 76.6 Å². The van der Waals surface area contributed by atoms with Crippen LogP contribution < -0.4 is 0 Å². The zero-order chi connectivity index (χ0) is 36.5. The van der Waals surface area contributed by atoms with Crippen molar-refractivity contribution < 1.29 is 0 Å². The van der Waals surface area contributed by atoms with Gasteiger partial charge < -0.3 is 0 Å². The maximum Gasteiger partial charge on any atom is 0.164 e. The summed E-state index contributed by atoms with van der Waals surface area (Å²) in [6.07, 6.45) is 2.37. The minimum Gasteiger partial charge on any atom is -0.208 e. The van der Waals surface area contributed by atoms with E-state index in [0.29, 0.717) is 17.5 Å². The summed E-state index contributed by atoms with van der Waals surface area (Å²) in [6.45, 7) is 14.2. The van der Waals surface area contributed by atoms with Gasteiger partial charge in [-0.2, -0.15) is 0 Å². The first kappa shape index (κ1) is 33.2. The zero-order valence-electron chi connectivity index (χ0n) is 31.5. The molecule has 3 heteroatoms.